The number of halogens is 4. The summed E-state index contributed by atoms with van der Waals surface area (Å²) in [6, 6.07) is 3.94. The number of hydrogen-bond acceptors (Lipinski definition) is 3. The molecule has 2 rings (SSSR count). The van der Waals surface area contributed by atoms with Gasteiger partial charge in [0.15, 0.2) is 10.9 Å². The van der Waals surface area contributed by atoms with E-state index in [1.165, 1.54) is 0 Å². The topological polar surface area (TPSA) is 59.4 Å². The predicted octanol–water partition coefficient (Wildman–Crippen LogP) is 3.96. The number of alkyl halides is 3. The molecule has 0 saturated carbocycles. The van der Waals surface area contributed by atoms with E-state index in [1.807, 2.05) is 0 Å². The molecule has 0 radical (unpaired) electrons. The Balaban J connectivity index is 2.58. The summed E-state index contributed by atoms with van der Waals surface area (Å²) in [4.78, 5) is 14.2. The molecule has 8 heteroatoms. The van der Waals surface area contributed by atoms with Crippen molar-refractivity contribution < 1.29 is 27.8 Å². The average Bonchev–Trinajstić information content (AvgIpc) is 2.27. The fourth-order valence-corrected chi connectivity index (χ4v) is 1.66. The van der Waals surface area contributed by atoms with Crippen molar-refractivity contribution in [1.29, 1.82) is 0 Å². The minimum absolute atomic E-state index is 0.0791. The molecule has 0 aliphatic rings. The minimum Gasteiger partial charge on any atom is -0.449 e. The molecule has 1 heterocycles. The third-order valence-corrected chi connectivity index (χ3v) is 2.53. The van der Waals surface area contributed by atoms with Gasteiger partial charge in [-0.25, -0.2) is 9.78 Å². The quantitative estimate of drug-likeness (QED) is 0.638. The van der Waals surface area contributed by atoms with Gasteiger partial charge in [0, 0.05) is 5.39 Å². The Labute approximate surface area is 109 Å². The van der Waals surface area contributed by atoms with E-state index >= 15 is 0 Å². The zero-order chi connectivity index (χ0) is 14.2. The Hall–Kier alpha value is -2.02. The van der Waals surface area contributed by atoms with Gasteiger partial charge in [-0.05, 0) is 24.3 Å². The molecular weight excluding hydrogens is 287 g/mol. The third kappa shape index (κ3) is 2.87. The number of carbonyl (C=O) groups is 1. The Morgan fingerprint density at radius 3 is 2.58 bits per heavy atom. The summed E-state index contributed by atoms with van der Waals surface area (Å²) in [7, 11) is 0. The third-order valence-electron chi connectivity index (χ3n) is 2.26. The van der Waals surface area contributed by atoms with Crippen LogP contribution in [0.3, 0.4) is 0 Å². The lowest BCUT2D eigenvalue weighted by molar-refractivity contribution is -0.137. The molecule has 1 N–H and O–H groups in total. The average molecular weight is 292 g/mol. The van der Waals surface area contributed by atoms with Crippen LogP contribution in [0.5, 0.6) is 5.75 Å². The Kier molecular flexibility index (Phi) is 3.23. The standard InChI is InChI=1S/C11H5ClF3NO3/c12-9-8(19-10(17)18)4-5-3-6(11(13,14)15)1-2-7(5)16-9/h1-4H,(H,17,18). The summed E-state index contributed by atoms with van der Waals surface area (Å²) in [5.41, 5.74) is -0.666. The summed E-state index contributed by atoms with van der Waals surface area (Å²) in [6.45, 7) is 0. The van der Waals surface area contributed by atoms with Gasteiger partial charge >= 0.3 is 12.3 Å². The van der Waals surface area contributed by atoms with Gasteiger partial charge in [-0.1, -0.05) is 11.6 Å². The summed E-state index contributed by atoms with van der Waals surface area (Å²) in [5.74, 6) is -0.319. The van der Waals surface area contributed by atoms with Gasteiger partial charge in [-0.15, -0.1) is 0 Å². The van der Waals surface area contributed by atoms with Crippen molar-refractivity contribution in [2.24, 2.45) is 0 Å². The van der Waals surface area contributed by atoms with Crippen LogP contribution in [0, 0.1) is 0 Å². The summed E-state index contributed by atoms with van der Waals surface area (Å²) in [6.07, 6.45) is -6.13. The predicted molar refractivity (Wildman–Crippen MR) is 60.4 cm³/mol. The minimum atomic E-state index is -4.50. The van der Waals surface area contributed by atoms with Gasteiger partial charge < -0.3 is 9.84 Å². The normalized spacial score (nSPS) is 11.6. The van der Waals surface area contributed by atoms with Crippen LogP contribution in [-0.2, 0) is 6.18 Å². The first kappa shape index (κ1) is 13.4. The van der Waals surface area contributed by atoms with Crippen LogP contribution in [-0.4, -0.2) is 16.2 Å². The lowest BCUT2D eigenvalue weighted by Gasteiger charge is -2.09. The highest BCUT2D eigenvalue weighted by molar-refractivity contribution is 6.31. The van der Waals surface area contributed by atoms with Crippen molar-refractivity contribution in [3.05, 3.63) is 35.0 Å². The Morgan fingerprint density at radius 2 is 2.00 bits per heavy atom. The lowest BCUT2D eigenvalue weighted by Crippen LogP contribution is -2.06. The van der Waals surface area contributed by atoms with E-state index in [-0.39, 0.29) is 21.8 Å². The fourth-order valence-electron chi connectivity index (χ4n) is 1.48. The second kappa shape index (κ2) is 4.58. The van der Waals surface area contributed by atoms with Crippen molar-refractivity contribution in [3.63, 3.8) is 0 Å². The van der Waals surface area contributed by atoms with E-state index in [0.29, 0.717) is 0 Å². The highest BCUT2D eigenvalue weighted by Crippen LogP contribution is 2.33. The van der Waals surface area contributed by atoms with Crippen LogP contribution in [0.15, 0.2) is 24.3 Å². The molecular formula is C11H5ClF3NO3. The van der Waals surface area contributed by atoms with Crippen LogP contribution in [0.4, 0.5) is 18.0 Å². The molecule has 0 spiro atoms. The highest BCUT2D eigenvalue weighted by atomic mass is 35.5. The lowest BCUT2D eigenvalue weighted by atomic mass is 10.1. The number of ether oxygens (including phenoxy) is 1. The number of aromatic nitrogens is 1. The smallest absolute Gasteiger partial charge is 0.449 e. The zero-order valence-electron chi connectivity index (χ0n) is 9.03. The maximum atomic E-state index is 12.5. The SMILES string of the molecule is O=C(O)Oc1cc2cc(C(F)(F)F)ccc2nc1Cl. The first-order valence-electron chi connectivity index (χ1n) is 4.85. The molecule has 0 fully saturated rings. The maximum absolute atomic E-state index is 12.5. The van der Waals surface area contributed by atoms with E-state index in [0.717, 1.165) is 24.3 Å². The molecule has 0 saturated heterocycles. The van der Waals surface area contributed by atoms with E-state index < -0.39 is 17.9 Å². The summed E-state index contributed by atoms with van der Waals surface area (Å²) < 4.78 is 41.9. The van der Waals surface area contributed by atoms with Gasteiger partial charge in [0.25, 0.3) is 0 Å². The first-order chi connectivity index (χ1) is 8.77. The monoisotopic (exact) mass is 291 g/mol. The van der Waals surface area contributed by atoms with Crippen LogP contribution in [0.25, 0.3) is 10.9 Å². The van der Waals surface area contributed by atoms with Gasteiger partial charge in [0.1, 0.15) is 0 Å². The molecule has 0 unspecified atom stereocenters. The number of pyridine rings is 1. The van der Waals surface area contributed by atoms with Crippen molar-refractivity contribution in [3.8, 4) is 5.75 Å². The first-order valence-corrected chi connectivity index (χ1v) is 5.23. The van der Waals surface area contributed by atoms with E-state index in [2.05, 4.69) is 9.72 Å². The maximum Gasteiger partial charge on any atom is 0.511 e. The van der Waals surface area contributed by atoms with Crippen LogP contribution in [0.1, 0.15) is 5.56 Å². The van der Waals surface area contributed by atoms with Gasteiger partial charge in [-0.3, -0.25) is 0 Å². The largest absolute Gasteiger partial charge is 0.511 e. The zero-order valence-corrected chi connectivity index (χ0v) is 9.79. The Bertz CT molecular complexity index is 657. The van der Waals surface area contributed by atoms with Crippen molar-refractivity contribution in [2.45, 2.75) is 6.18 Å². The highest BCUT2D eigenvalue weighted by Gasteiger charge is 2.30. The number of nitrogens with zero attached hydrogens (tertiary/aromatic N) is 1. The van der Waals surface area contributed by atoms with E-state index in [4.69, 9.17) is 16.7 Å². The molecule has 1 aromatic carbocycles. The van der Waals surface area contributed by atoms with Gasteiger partial charge in [0.05, 0.1) is 11.1 Å². The molecule has 0 aliphatic heterocycles. The van der Waals surface area contributed by atoms with Crippen LogP contribution in [0.2, 0.25) is 5.15 Å². The molecule has 0 aliphatic carbocycles. The molecule has 19 heavy (non-hydrogen) atoms. The molecule has 0 bridgehead atoms. The number of fused-ring (bicyclic) bond motifs is 1. The molecule has 0 atom stereocenters. The summed E-state index contributed by atoms with van der Waals surface area (Å²) in [5, 5.41) is 8.30. The number of rotatable bonds is 1. The number of carboxylic acid groups (broad SMARTS) is 1. The van der Waals surface area contributed by atoms with Gasteiger partial charge in [0.2, 0.25) is 0 Å². The number of hydrogen-bond donors (Lipinski definition) is 1. The van der Waals surface area contributed by atoms with Crippen molar-refractivity contribution in [2.75, 3.05) is 0 Å². The molecule has 1 aromatic heterocycles. The molecule has 4 nitrogen and oxygen atoms in total. The van der Waals surface area contributed by atoms with Crippen molar-refractivity contribution in [1.82, 2.24) is 4.98 Å². The molecule has 100 valence electrons. The van der Waals surface area contributed by atoms with E-state index in [9.17, 15) is 18.0 Å². The Morgan fingerprint density at radius 1 is 1.32 bits per heavy atom. The van der Waals surface area contributed by atoms with Crippen LogP contribution >= 0.6 is 11.6 Å². The van der Waals surface area contributed by atoms with Crippen molar-refractivity contribution >= 4 is 28.7 Å². The molecule has 0 amide bonds. The van der Waals surface area contributed by atoms with Gasteiger partial charge in [-0.2, -0.15) is 13.2 Å². The van der Waals surface area contributed by atoms with Crippen LogP contribution < -0.4 is 4.74 Å². The number of benzene rings is 1. The fraction of sp³-hybridized carbons (Fsp3) is 0.0909. The summed E-state index contributed by atoms with van der Waals surface area (Å²) >= 11 is 5.66. The van der Waals surface area contributed by atoms with E-state index in [1.54, 1.807) is 0 Å². The second-order valence-electron chi connectivity index (χ2n) is 3.55. The molecule has 2 aromatic rings. The second-order valence-corrected chi connectivity index (χ2v) is 3.91.